The quantitative estimate of drug-likeness (QED) is 0.0634. The number of rotatable bonds is 29. The first kappa shape index (κ1) is 58.7. The smallest absolute Gasteiger partial charge is 0.242 e. The molecule has 3 rings (SSSR count). The van der Waals surface area contributed by atoms with Gasteiger partial charge in [-0.25, -0.2) is 0 Å². The Kier molecular flexibility index (Phi) is 23.9. The molecule has 2 aliphatic rings. The monoisotopic (exact) mass is 971 g/mol. The molecule has 0 bridgehead atoms. The van der Waals surface area contributed by atoms with Crippen LogP contribution in [-0.2, 0) is 43.0 Å². The van der Waals surface area contributed by atoms with Gasteiger partial charge in [-0.1, -0.05) is 105 Å². The van der Waals surface area contributed by atoms with Crippen molar-refractivity contribution in [3.63, 3.8) is 0 Å². The zero-order chi connectivity index (χ0) is 51.2. The minimum Gasteiger partial charge on any atom is -0.388 e. The maximum Gasteiger partial charge on any atom is 0.242 e. The number of aliphatic hydroxyl groups excluding tert-OH is 1. The van der Waals surface area contributed by atoms with Crippen LogP contribution in [0.1, 0.15) is 138 Å². The largest absolute Gasteiger partial charge is 0.388 e. The highest BCUT2D eigenvalue weighted by Crippen LogP contribution is 2.34. The highest BCUT2D eigenvalue weighted by molar-refractivity contribution is 8.00. The summed E-state index contributed by atoms with van der Waals surface area (Å²) in [7, 11) is 6.51. The Balaban J connectivity index is 1.72. The van der Waals surface area contributed by atoms with E-state index in [0.717, 1.165) is 12.0 Å². The van der Waals surface area contributed by atoms with Crippen molar-refractivity contribution in [3.8, 4) is 0 Å². The fraction of sp³-hybridized carbons (Fsp3) is 0.755. The van der Waals surface area contributed by atoms with Crippen LogP contribution in [-0.4, -0.2) is 149 Å². The Labute approximate surface area is 412 Å². The molecule has 12 atom stereocenters. The standard InChI is InChI=1S/C53H86N4O10S/c1-15-34(6)48(41(66-12)30-44(60)56-28-22-25-39(56)51(67-13)36(8)40(58)29-35(7)49(62)38-23-18-16-19-24-38)55(11)53(65)46(32(2)3)37(9)50(63)47(33(4)5)54(10)43(59)26-20-17-21-27-57-45(61)31-42(68-14)52(57)64/h16,18-19,23-24,32-37,39,41-42,46-49,51,62H,15,17,20-22,25-31H2,1-14H3/t34-,35-,36-,37?,39-,41+,42?,46+,47-,48-,49+,51+/m0/s1. The Morgan fingerprint density at radius 1 is 0.838 bits per heavy atom. The van der Waals surface area contributed by atoms with E-state index in [2.05, 4.69) is 0 Å². The van der Waals surface area contributed by atoms with Crippen molar-refractivity contribution in [2.75, 3.05) is 47.7 Å². The van der Waals surface area contributed by atoms with E-state index in [4.69, 9.17) is 9.47 Å². The zero-order valence-electron chi connectivity index (χ0n) is 43.8. The molecule has 2 aliphatic heterocycles. The lowest BCUT2D eigenvalue weighted by molar-refractivity contribution is -0.152. The second-order valence-electron chi connectivity index (χ2n) is 20.4. The number of nitrogens with zero attached hydrogens (tertiary/aromatic N) is 4. The number of thioether (sulfide) groups is 1. The van der Waals surface area contributed by atoms with Crippen LogP contribution in [0.15, 0.2) is 30.3 Å². The van der Waals surface area contributed by atoms with Crippen LogP contribution in [0.3, 0.4) is 0 Å². The Morgan fingerprint density at radius 2 is 1.49 bits per heavy atom. The number of ether oxygens (including phenoxy) is 2. The third-order valence-corrected chi connectivity index (χ3v) is 16.0. The molecule has 0 spiro atoms. The maximum absolute atomic E-state index is 14.9. The number of amides is 5. The van der Waals surface area contributed by atoms with Gasteiger partial charge in [-0.05, 0) is 61.2 Å². The second-order valence-corrected chi connectivity index (χ2v) is 21.4. The summed E-state index contributed by atoms with van der Waals surface area (Å²) in [4.78, 5) is 102. The van der Waals surface area contributed by atoms with E-state index in [1.807, 2.05) is 96.9 Å². The van der Waals surface area contributed by atoms with Crippen LogP contribution < -0.4 is 0 Å². The summed E-state index contributed by atoms with van der Waals surface area (Å²) in [5, 5.41) is 10.7. The van der Waals surface area contributed by atoms with E-state index in [1.54, 1.807) is 40.1 Å². The Bertz CT molecular complexity index is 1830. The summed E-state index contributed by atoms with van der Waals surface area (Å²) in [5.41, 5.74) is 0.755. The topological polar surface area (TPSA) is 171 Å². The van der Waals surface area contributed by atoms with E-state index < -0.39 is 48.1 Å². The average Bonchev–Trinajstić information content (AvgIpc) is 3.91. The number of likely N-dealkylation sites (tertiary alicyclic amines) is 2. The van der Waals surface area contributed by atoms with E-state index in [-0.39, 0.29) is 102 Å². The highest BCUT2D eigenvalue weighted by atomic mass is 32.2. The first-order valence-corrected chi connectivity index (χ1v) is 26.4. The molecule has 1 aromatic rings. The number of hydrogen-bond donors (Lipinski definition) is 1. The van der Waals surface area contributed by atoms with Crippen LogP contribution in [0.25, 0.3) is 0 Å². The van der Waals surface area contributed by atoms with Crippen molar-refractivity contribution in [3.05, 3.63) is 35.9 Å². The van der Waals surface area contributed by atoms with Crippen molar-refractivity contribution in [1.82, 2.24) is 19.6 Å². The molecule has 384 valence electrons. The van der Waals surface area contributed by atoms with E-state index in [9.17, 15) is 38.7 Å². The first-order chi connectivity index (χ1) is 32.1. The third-order valence-electron chi connectivity index (χ3n) is 15.0. The summed E-state index contributed by atoms with van der Waals surface area (Å²) in [6, 6.07) is 7.68. The van der Waals surface area contributed by atoms with Gasteiger partial charge in [0, 0.05) is 78.4 Å². The van der Waals surface area contributed by atoms with Gasteiger partial charge in [0.15, 0.2) is 5.78 Å². The van der Waals surface area contributed by atoms with E-state index in [1.165, 1.54) is 21.6 Å². The zero-order valence-corrected chi connectivity index (χ0v) is 44.6. The van der Waals surface area contributed by atoms with Crippen molar-refractivity contribution in [1.29, 1.82) is 0 Å². The Morgan fingerprint density at radius 3 is 2.03 bits per heavy atom. The lowest BCUT2D eigenvalue weighted by atomic mass is 9.76. The molecule has 2 fully saturated rings. The molecule has 1 aromatic carbocycles. The number of benzene rings is 1. The molecular formula is C53H86N4O10S. The fourth-order valence-corrected chi connectivity index (χ4v) is 11.4. The summed E-state index contributed by atoms with van der Waals surface area (Å²) in [6.45, 7) is 18.0. The number of carbonyl (C=O) groups is 7. The van der Waals surface area contributed by atoms with Gasteiger partial charge in [0.05, 0.1) is 48.1 Å². The van der Waals surface area contributed by atoms with Crippen LogP contribution >= 0.6 is 11.8 Å². The number of aliphatic hydroxyl groups is 1. The van der Waals surface area contributed by atoms with Crippen LogP contribution in [0.4, 0.5) is 0 Å². The minimum absolute atomic E-state index is 0.00512. The number of ketones is 2. The molecule has 0 radical (unpaired) electrons. The number of imide groups is 1. The summed E-state index contributed by atoms with van der Waals surface area (Å²) in [6.07, 6.45) is 4.28. The van der Waals surface area contributed by atoms with Crippen LogP contribution in [0, 0.1) is 41.4 Å². The number of hydrogen-bond acceptors (Lipinski definition) is 11. The molecule has 0 aromatic heterocycles. The molecular weight excluding hydrogens is 885 g/mol. The van der Waals surface area contributed by atoms with Gasteiger partial charge in [-0.3, -0.25) is 38.5 Å². The van der Waals surface area contributed by atoms with Crippen molar-refractivity contribution in [2.24, 2.45) is 41.4 Å². The average molecular weight is 971 g/mol. The maximum atomic E-state index is 14.9. The molecule has 68 heavy (non-hydrogen) atoms. The van der Waals surface area contributed by atoms with Gasteiger partial charge in [-0.15, -0.1) is 0 Å². The number of unbranched alkanes of at least 4 members (excludes halogenated alkanes) is 2. The van der Waals surface area contributed by atoms with Gasteiger partial charge >= 0.3 is 0 Å². The normalized spacial score (nSPS) is 21.0. The highest BCUT2D eigenvalue weighted by Gasteiger charge is 2.45. The van der Waals surface area contributed by atoms with Gasteiger partial charge in [0.1, 0.15) is 5.78 Å². The second kappa shape index (κ2) is 27.7. The lowest BCUT2D eigenvalue weighted by Gasteiger charge is -2.42. The van der Waals surface area contributed by atoms with Gasteiger partial charge < -0.3 is 29.3 Å². The summed E-state index contributed by atoms with van der Waals surface area (Å²) in [5.74, 6) is -3.94. The first-order valence-electron chi connectivity index (χ1n) is 25.1. The molecule has 2 saturated heterocycles. The molecule has 14 nitrogen and oxygen atoms in total. The molecule has 15 heteroatoms. The predicted octanol–water partition coefficient (Wildman–Crippen LogP) is 7.25. The molecule has 2 heterocycles. The van der Waals surface area contributed by atoms with E-state index >= 15 is 0 Å². The van der Waals surface area contributed by atoms with Crippen LogP contribution in [0.5, 0.6) is 0 Å². The number of methoxy groups -OCH3 is 2. The molecule has 2 unspecified atom stereocenters. The minimum atomic E-state index is -0.794. The molecule has 0 saturated carbocycles. The molecule has 0 aliphatic carbocycles. The van der Waals surface area contributed by atoms with Crippen molar-refractivity contribution < 1.29 is 48.1 Å². The summed E-state index contributed by atoms with van der Waals surface area (Å²) < 4.78 is 12.1. The number of likely N-dealkylation sites (N-methyl/N-ethyl adjacent to an activating group) is 2. The van der Waals surface area contributed by atoms with Crippen molar-refractivity contribution >= 4 is 52.9 Å². The van der Waals surface area contributed by atoms with Crippen LogP contribution in [0.2, 0.25) is 0 Å². The third kappa shape index (κ3) is 14.7. The van der Waals surface area contributed by atoms with E-state index in [0.29, 0.717) is 45.2 Å². The fourth-order valence-electron chi connectivity index (χ4n) is 10.8. The lowest BCUT2D eigenvalue weighted by Crippen LogP contribution is -2.55. The SMILES string of the molecule is CC[C@H](C)[C@@H]([C@@H](CC(=O)N1CCC[C@H]1[C@H](OC)[C@@H](C)C(=O)C[C@H](C)[C@@H](O)c1ccccc1)OC)N(C)C(=O)[C@H](C(C)C)C(C)C(=O)[C@H](C(C)C)N(C)C(=O)CCCCCN1C(=O)CC(SC)C1=O. The van der Waals surface area contributed by atoms with Gasteiger partial charge in [0.25, 0.3) is 0 Å². The molecule has 1 N–H and O–H groups in total. The molecule has 5 amide bonds. The number of Topliss-reactive ketones (excluding diaryl/α,β-unsaturated/α-hetero) is 2. The summed E-state index contributed by atoms with van der Waals surface area (Å²) >= 11 is 1.38. The van der Waals surface area contributed by atoms with Gasteiger partial charge in [0.2, 0.25) is 29.5 Å². The predicted molar refractivity (Wildman–Crippen MR) is 267 cm³/mol. The van der Waals surface area contributed by atoms with Gasteiger partial charge in [-0.2, -0.15) is 11.8 Å². The van der Waals surface area contributed by atoms with Crippen molar-refractivity contribution in [2.45, 2.75) is 168 Å². The number of carbonyl (C=O) groups excluding carboxylic acids is 7. The Hall–Kier alpha value is -3.66.